The Morgan fingerprint density at radius 3 is 3.00 bits per heavy atom. The van der Waals surface area contributed by atoms with Crippen LogP contribution in [0.25, 0.3) is 10.9 Å². The van der Waals surface area contributed by atoms with Gasteiger partial charge in [-0.15, -0.1) is 0 Å². The van der Waals surface area contributed by atoms with Crippen LogP contribution in [0, 0.1) is 0 Å². The highest BCUT2D eigenvalue weighted by molar-refractivity contribution is 5.77. The smallest absolute Gasteiger partial charge is 0.0885 e. The Labute approximate surface area is 88.8 Å². The minimum atomic E-state index is 0.977. The lowest BCUT2D eigenvalue weighted by Crippen LogP contribution is -2.36. The molecule has 1 aliphatic rings. The van der Waals surface area contributed by atoms with E-state index in [0.717, 1.165) is 12.1 Å². The van der Waals surface area contributed by atoms with Crippen LogP contribution in [0.5, 0.6) is 0 Å². The molecule has 0 spiro atoms. The molecule has 2 aromatic rings. The van der Waals surface area contributed by atoms with Crippen molar-refractivity contribution in [2.24, 2.45) is 0 Å². The molecule has 1 saturated heterocycles. The molecule has 3 heteroatoms. The van der Waals surface area contributed by atoms with Gasteiger partial charge in [0.2, 0.25) is 0 Å². The minimum absolute atomic E-state index is 0.977. The maximum atomic E-state index is 4.40. The molecular weight excluding hydrogens is 186 g/mol. The monoisotopic (exact) mass is 199 g/mol. The fourth-order valence-electron chi connectivity index (χ4n) is 1.90. The van der Waals surface area contributed by atoms with Crippen molar-refractivity contribution in [2.75, 3.05) is 13.1 Å². The molecule has 0 saturated carbocycles. The molecule has 15 heavy (non-hydrogen) atoms. The van der Waals surface area contributed by atoms with Crippen molar-refractivity contribution in [3.63, 3.8) is 0 Å². The van der Waals surface area contributed by atoms with Crippen molar-refractivity contribution in [2.45, 2.75) is 13.0 Å². The second-order valence-electron chi connectivity index (χ2n) is 4.04. The van der Waals surface area contributed by atoms with Crippen LogP contribution in [0.1, 0.15) is 12.0 Å². The molecule has 0 amide bonds. The summed E-state index contributed by atoms with van der Waals surface area (Å²) in [6.45, 7) is 3.49. The quantitative estimate of drug-likeness (QED) is 0.739. The van der Waals surface area contributed by atoms with Gasteiger partial charge in [0.05, 0.1) is 11.7 Å². The molecule has 1 aliphatic heterocycles. The lowest BCUT2D eigenvalue weighted by molar-refractivity contribution is 0.172. The van der Waals surface area contributed by atoms with Crippen LogP contribution in [0.15, 0.2) is 30.7 Å². The highest BCUT2D eigenvalue weighted by Gasteiger charge is 2.13. The predicted octanol–water partition coefficient (Wildman–Crippen LogP) is 1.84. The molecule has 0 N–H and O–H groups in total. The Morgan fingerprint density at radius 2 is 2.20 bits per heavy atom. The van der Waals surface area contributed by atoms with Gasteiger partial charge in [-0.2, -0.15) is 0 Å². The second-order valence-corrected chi connectivity index (χ2v) is 4.04. The molecular formula is C12H13N3. The summed E-state index contributed by atoms with van der Waals surface area (Å²) in [6, 6.07) is 4.23. The second kappa shape index (κ2) is 3.59. The van der Waals surface area contributed by atoms with Crippen molar-refractivity contribution in [3.8, 4) is 0 Å². The van der Waals surface area contributed by atoms with E-state index >= 15 is 0 Å². The maximum Gasteiger partial charge on any atom is 0.0885 e. The van der Waals surface area contributed by atoms with Gasteiger partial charge in [0.25, 0.3) is 0 Å². The van der Waals surface area contributed by atoms with Gasteiger partial charge < -0.3 is 0 Å². The van der Waals surface area contributed by atoms with Gasteiger partial charge in [0.15, 0.2) is 0 Å². The predicted molar refractivity (Wildman–Crippen MR) is 59.4 cm³/mol. The molecule has 1 fully saturated rings. The maximum absolute atomic E-state index is 4.40. The van der Waals surface area contributed by atoms with Crippen LogP contribution in [-0.4, -0.2) is 28.0 Å². The fourth-order valence-corrected chi connectivity index (χ4v) is 1.90. The van der Waals surface area contributed by atoms with Gasteiger partial charge in [-0.1, -0.05) is 0 Å². The molecule has 0 bridgehead atoms. The summed E-state index contributed by atoms with van der Waals surface area (Å²) >= 11 is 0. The van der Waals surface area contributed by atoms with E-state index in [1.54, 1.807) is 0 Å². The van der Waals surface area contributed by atoms with Crippen LogP contribution < -0.4 is 0 Å². The Balaban J connectivity index is 1.91. The normalized spacial score (nSPS) is 16.5. The molecule has 0 radical (unpaired) electrons. The first-order valence-electron chi connectivity index (χ1n) is 5.33. The number of nitrogens with zero attached hydrogens (tertiary/aromatic N) is 3. The number of rotatable bonds is 2. The first kappa shape index (κ1) is 8.80. The van der Waals surface area contributed by atoms with E-state index in [1.807, 2.05) is 24.7 Å². The van der Waals surface area contributed by atoms with Gasteiger partial charge >= 0.3 is 0 Å². The molecule has 0 aromatic carbocycles. The lowest BCUT2D eigenvalue weighted by Gasteiger charge is -2.30. The molecule has 0 atom stereocenters. The van der Waals surface area contributed by atoms with E-state index < -0.39 is 0 Å². The van der Waals surface area contributed by atoms with Crippen molar-refractivity contribution in [1.82, 2.24) is 14.9 Å². The summed E-state index contributed by atoms with van der Waals surface area (Å²) < 4.78 is 0. The summed E-state index contributed by atoms with van der Waals surface area (Å²) in [7, 11) is 0. The molecule has 3 rings (SSSR count). The minimum Gasteiger partial charge on any atom is -0.299 e. The van der Waals surface area contributed by atoms with Crippen LogP contribution in [0.4, 0.5) is 0 Å². The number of hydrogen-bond acceptors (Lipinski definition) is 3. The topological polar surface area (TPSA) is 29.0 Å². The lowest BCUT2D eigenvalue weighted by atomic mass is 10.1. The fraction of sp³-hybridized carbons (Fsp3) is 0.333. The van der Waals surface area contributed by atoms with Gasteiger partial charge in [-0.25, -0.2) is 0 Å². The van der Waals surface area contributed by atoms with Crippen LogP contribution in [-0.2, 0) is 6.54 Å². The molecule has 3 heterocycles. The van der Waals surface area contributed by atoms with Crippen molar-refractivity contribution in [1.29, 1.82) is 0 Å². The summed E-state index contributed by atoms with van der Waals surface area (Å²) in [5.74, 6) is 0. The van der Waals surface area contributed by atoms with E-state index in [0.29, 0.717) is 0 Å². The van der Waals surface area contributed by atoms with Gasteiger partial charge in [-0.05, 0) is 37.2 Å². The third-order valence-corrected chi connectivity index (χ3v) is 2.90. The SMILES string of the molecule is c1cc2cc(CN3CCC3)cnc2cn1. The van der Waals surface area contributed by atoms with E-state index in [4.69, 9.17) is 0 Å². The summed E-state index contributed by atoms with van der Waals surface area (Å²) in [6.07, 6.45) is 6.92. The third kappa shape index (κ3) is 1.70. The summed E-state index contributed by atoms with van der Waals surface area (Å²) in [5, 5.41) is 1.18. The van der Waals surface area contributed by atoms with Crippen molar-refractivity contribution >= 4 is 10.9 Å². The molecule has 0 aliphatic carbocycles. The number of pyridine rings is 2. The van der Waals surface area contributed by atoms with E-state index in [1.165, 1.54) is 30.5 Å². The standard InChI is InChI=1S/C12H13N3/c1-4-15(5-1)9-10-6-11-2-3-13-8-12(11)14-7-10/h2-3,6-8H,1,4-5,9H2. The Kier molecular flexibility index (Phi) is 2.10. The Hall–Kier alpha value is -1.48. The molecule has 76 valence electrons. The van der Waals surface area contributed by atoms with Crippen LogP contribution in [0.3, 0.4) is 0 Å². The first-order chi connectivity index (χ1) is 7.42. The zero-order valence-electron chi connectivity index (χ0n) is 8.56. The number of fused-ring (bicyclic) bond motifs is 1. The van der Waals surface area contributed by atoms with Gasteiger partial charge in [-0.3, -0.25) is 14.9 Å². The van der Waals surface area contributed by atoms with E-state index in [-0.39, 0.29) is 0 Å². The third-order valence-electron chi connectivity index (χ3n) is 2.90. The van der Waals surface area contributed by atoms with Crippen LogP contribution >= 0.6 is 0 Å². The Bertz CT molecular complexity index is 477. The first-order valence-corrected chi connectivity index (χ1v) is 5.33. The van der Waals surface area contributed by atoms with Crippen LogP contribution in [0.2, 0.25) is 0 Å². The van der Waals surface area contributed by atoms with Crippen molar-refractivity contribution < 1.29 is 0 Å². The van der Waals surface area contributed by atoms with E-state index in [2.05, 4.69) is 20.9 Å². The molecule has 3 nitrogen and oxygen atoms in total. The van der Waals surface area contributed by atoms with E-state index in [9.17, 15) is 0 Å². The van der Waals surface area contributed by atoms with Crippen molar-refractivity contribution in [3.05, 3.63) is 36.3 Å². The largest absolute Gasteiger partial charge is 0.299 e. The van der Waals surface area contributed by atoms with Gasteiger partial charge in [0, 0.05) is 24.3 Å². The highest BCUT2D eigenvalue weighted by atomic mass is 15.2. The number of hydrogen-bond donors (Lipinski definition) is 0. The highest BCUT2D eigenvalue weighted by Crippen LogP contribution is 2.15. The summed E-state index contributed by atoms with van der Waals surface area (Å²) in [4.78, 5) is 10.9. The zero-order chi connectivity index (χ0) is 10.1. The average Bonchev–Trinajstić information content (AvgIpc) is 2.23. The number of likely N-dealkylation sites (tertiary alicyclic amines) is 1. The summed E-state index contributed by atoms with van der Waals surface area (Å²) in [5.41, 5.74) is 2.28. The Morgan fingerprint density at radius 1 is 1.27 bits per heavy atom. The van der Waals surface area contributed by atoms with Gasteiger partial charge in [0.1, 0.15) is 0 Å². The molecule has 2 aromatic heterocycles. The number of aromatic nitrogens is 2. The molecule has 0 unspecified atom stereocenters. The average molecular weight is 199 g/mol. The zero-order valence-corrected chi connectivity index (χ0v) is 8.56.